The second kappa shape index (κ2) is 9.43. The maximum atomic E-state index is 12.5. The van der Waals surface area contributed by atoms with Gasteiger partial charge in [-0.05, 0) is 30.3 Å². The quantitative estimate of drug-likeness (QED) is 0.408. The molecular formula is C19H19N3O4S2. The number of nitrogens with zero attached hydrogens (tertiary/aromatic N) is 2. The van der Waals surface area contributed by atoms with E-state index in [4.69, 9.17) is 14.2 Å². The lowest BCUT2D eigenvalue weighted by atomic mass is 10.1. The molecule has 0 atom stereocenters. The molecule has 0 aliphatic carbocycles. The van der Waals surface area contributed by atoms with E-state index in [1.165, 1.54) is 23.1 Å². The van der Waals surface area contributed by atoms with Gasteiger partial charge in [0.15, 0.2) is 21.6 Å². The first kappa shape index (κ1) is 20.0. The number of benzene rings is 2. The van der Waals surface area contributed by atoms with E-state index in [2.05, 4.69) is 15.5 Å². The number of carbonyl (C=O) groups is 1. The lowest BCUT2D eigenvalue weighted by Gasteiger charge is -2.08. The number of aromatic nitrogens is 2. The number of anilines is 2. The van der Waals surface area contributed by atoms with Crippen molar-refractivity contribution in [2.24, 2.45) is 0 Å². The van der Waals surface area contributed by atoms with Crippen LogP contribution in [0.2, 0.25) is 0 Å². The van der Waals surface area contributed by atoms with Crippen LogP contribution >= 0.6 is 23.1 Å². The molecule has 0 aliphatic rings. The Labute approximate surface area is 171 Å². The van der Waals surface area contributed by atoms with E-state index in [1.807, 2.05) is 24.3 Å². The first-order valence-electron chi connectivity index (χ1n) is 8.26. The molecule has 0 fully saturated rings. The van der Waals surface area contributed by atoms with Gasteiger partial charge < -0.3 is 19.5 Å². The molecule has 3 aromatic rings. The number of ether oxygens (including phenoxy) is 3. The summed E-state index contributed by atoms with van der Waals surface area (Å²) in [6.45, 7) is 0. The zero-order chi connectivity index (χ0) is 19.9. The first-order valence-corrected chi connectivity index (χ1v) is 10.1. The number of para-hydroxylation sites is 2. The minimum Gasteiger partial charge on any atom is -0.495 e. The fourth-order valence-electron chi connectivity index (χ4n) is 2.40. The Balaban J connectivity index is 1.62. The predicted octanol–water partition coefficient (Wildman–Crippen LogP) is 4.28. The van der Waals surface area contributed by atoms with E-state index < -0.39 is 0 Å². The fraction of sp³-hybridized carbons (Fsp3) is 0.211. The molecule has 3 rings (SSSR count). The van der Waals surface area contributed by atoms with E-state index in [-0.39, 0.29) is 11.5 Å². The third-order valence-corrected chi connectivity index (χ3v) is 5.76. The van der Waals surface area contributed by atoms with Crippen molar-refractivity contribution in [3.63, 3.8) is 0 Å². The highest BCUT2D eigenvalue weighted by Gasteiger charge is 2.13. The Morgan fingerprint density at radius 2 is 1.75 bits per heavy atom. The highest BCUT2D eigenvalue weighted by Crippen LogP contribution is 2.32. The van der Waals surface area contributed by atoms with Crippen LogP contribution < -0.4 is 19.5 Å². The van der Waals surface area contributed by atoms with E-state index >= 15 is 0 Å². The van der Waals surface area contributed by atoms with Crippen molar-refractivity contribution in [2.75, 3.05) is 32.4 Å². The second-order valence-electron chi connectivity index (χ2n) is 5.48. The first-order chi connectivity index (χ1) is 13.6. The molecule has 1 heterocycles. The van der Waals surface area contributed by atoms with Gasteiger partial charge in [-0.25, -0.2) is 0 Å². The van der Waals surface area contributed by atoms with Gasteiger partial charge >= 0.3 is 0 Å². The minimum atomic E-state index is -0.0274. The van der Waals surface area contributed by atoms with Crippen LogP contribution in [0.5, 0.6) is 17.2 Å². The highest BCUT2D eigenvalue weighted by atomic mass is 32.2. The number of nitrogens with one attached hydrogen (secondary N) is 1. The molecule has 0 radical (unpaired) electrons. The van der Waals surface area contributed by atoms with Gasteiger partial charge in [-0.15, -0.1) is 10.2 Å². The molecule has 0 aliphatic heterocycles. The van der Waals surface area contributed by atoms with Gasteiger partial charge in [0.2, 0.25) is 5.13 Å². The Hall–Kier alpha value is -2.78. The lowest BCUT2D eigenvalue weighted by Crippen LogP contribution is -2.03. The Morgan fingerprint density at radius 3 is 2.50 bits per heavy atom. The van der Waals surface area contributed by atoms with Gasteiger partial charge in [-0.2, -0.15) is 0 Å². The lowest BCUT2D eigenvalue weighted by molar-refractivity contribution is 0.102. The van der Waals surface area contributed by atoms with Crippen LogP contribution in [-0.2, 0) is 0 Å². The molecule has 2 aromatic carbocycles. The van der Waals surface area contributed by atoms with Crippen LogP contribution in [0.4, 0.5) is 10.8 Å². The number of hydrogen-bond acceptors (Lipinski definition) is 9. The molecule has 146 valence electrons. The number of methoxy groups -OCH3 is 3. The number of Topliss-reactive ketones (excluding diaryl/α,β-unsaturated/α-hetero) is 1. The predicted molar refractivity (Wildman–Crippen MR) is 111 cm³/mol. The number of ketones is 1. The van der Waals surface area contributed by atoms with Crippen LogP contribution in [0.25, 0.3) is 0 Å². The Morgan fingerprint density at radius 1 is 1.00 bits per heavy atom. The Bertz CT molecular complexity index is 962. The van der Waals surface area contributed by atoms with Crippen LogP contribution in [0.15, 0.2) is 46.8 Å². The zero-order valence-electron chi connectivity index (χ0n) is 15.6. The molecule has 28 heavy (non-hydrogen) atoms. The molecule has 0 spiro atoms. The van der Waals surface area contributed by atoms with Crippen LogP contribution in [0.1, 0.15) is 10.4 Å². The molecule has 7 nitrogen and oxygen atoms in total. The molecule has 0 saturated heterocycles. The van der Waals surface area contributed by atoms with Crippen molar-refractivity contribution in [1.82, 2.24) is 10.2 Å². The SMILES string of the molecule is COc1ccccc1Nc1nnc(SCC(=O)c2ccc(OC)c(OC)c2)s1. The topological polar surface area (TPSA) is 82.6 Å². The third kappa shape index (κ3) is 4.73. The number of rotatable bonds is 9. The molecule has 1 aromatic heterocycles. The van der Waals surface area contributed by atoms with Gasteiger partial charge in [0.1, 0.15) is 5.75 Å². The maximum absolute atomic E-state index is 12.5. The smallest absolute Gasteiger partial charge is 0.210 e. The maximum Gasteiger partial charge on any atom is 0.210 e. The van der Waals surface area contributed by atoms with Crippen LogP contribution in [0.3, 0.4) is 0 Å². The normalized spacial score (nSPS) is 10.4. The average Bonchev–Trinajstić information content (AvgIpc) is 3.19. The molecular weight excluding hydrogens is 398 g/mol. The molecule has 0 unspecified atom stereocenters. The number of hydrogen-bond donors (Lipinski definition) is 1. The van der Waals surface area contributed by atoms with E-state index in [9.17, 15) is 4.79 Å². The highest BCUT2D eigenvalue weighted by molar-refractivity contribution is 8.01. The van der Waals surface area contributed by atoms with Gasteiger partial charge in [0.05, 0.1) is 32.8 Å². The minimum absolute atomic E-state index is 0.0274. The van der Waals surface area contributed by atoms with Crippen molar-refractivity contribution < 1.29 is 19.0 Å². The summed E-state index contributed by atoms with van der Waals surface area (Å²) in [5.41, 5.74) is 1.36. The summed E-state index contributed by atoms with van der Waals surface area (Å²) in [4.78, 5) is 12.5. The van der Waals surface area contributed by atoms with Gasteiger partial charge in [0, 0.05) is 5.56 Å². The van der Waals surface area contributed by atoms with Crippen molar-refractivity contribution in [2.45, 2.75) is 4.34 Å². The Kier molecular flexibility index (Phi) is 6.72. The van der Waals surface area contributed by atoms with Crippen molar-refractivity contribution >= 4 is 39.7 Å². The summed E-state index contributed by atoms with van der Waals surface area (Å²) >= 11 is 2.72. The summed E-state index contributed by atoms with van der Waals surface area (Å²) in [5, 5.41) is 12.1. The average molecular weight is 418 g/mol. The van der Waals surface area contributed by atoms with Gasteiger partial charge in [-0.1, -0.05) is 35.2 Å². The van der Waals surface area contributed by atoms with Crippen LogP contribution in [-0.4, -0.2) is 43.1 Å². The third-order valence-electron chi connectivity index (χ3n) is 3.79. The molecule has 0 amide bonds. The van der Waals surface area contributed by atoms with Crippen molar-refractivity contribution in [3.8, 4) is 17.2 Å². The summed E-state index contributed by atoms with van der Waals surface area (Å²) in [6, 6.07) is 12.7. The monoisotopic (exact) mass is 417 g/mol. The molecule has 0 bridgehead atoms. The molecule has 0 saturated carbocycles. The summed E-state index contributed by atoms with van der Waals surface area (Å²) < 4.78 is 16.5. The van der Waals surface area contributed by atoms with Gasteiger partial charge in [0.25, 0.3) is 0 Å². The second-order valence-corrected chi connectivity index (χ2v) is 7.68. The fourth-order valence-corrected chi connectivity index (χ4v) is 4.06. The number of thioether (sulfide) groups is 1. The molecule has 1 N–H and O–H groups in total. The standard InChI is InChI=1S/C19H19N3O4S2/c1-24-15-7-5-4-6-13(15)20-18-21-22-19(28-18)27-11-14(23)12-8-9-16(25-2)17(10-12)26-3/h4-10H,11H2,1-3H3,(H,20,21). The largest absolute Gasteiger partial charge is 0.495 e. The summed E-state index contributed by atoms with van der Waals surface area (Å²) in [7, 11) is 4.71. The van der Waals surface area contributed by atoms with Gasteiger partial charge in [-0.3, -0.25) is 4.79 Å². The van der Waals surface area contributed by atoms with Crippen LogP contribution in [0, 0.1) is 0 Å². The van der Waals surface area contributed by atoms with E-state index in [0.717, 1.165) is 11.4 Å². The number of carbonyl (C=O) groups excluding carboxylic acids is 1. The summed E-state index contributed by atoms with van der Waals surface area (Å²) in [6.07, 6.45) is 0. The van der Waals surface area contributed by atoms with Crippen molar-refractivity contribution in [1.29, 1.82) is 0 Å². The summed E-state index contributed by atoms with van der Waals surface area (Å²) in [5.74, 6) is 2.05. The van der Waals surface area contributed by atoms with Crippen molar-refractivity contribution in [3.05, 3.63) is 48.0 Å². The van der Waals surface area contributed by atoms with E-state index in [1.54, 1.807) is 39.5 Å². The molecule has 9 heteroatoms. The van der Waals surface area contributed by atoms with E-state index in [0.29, 0.717) is 26.5 Å². The zero-order valence-corrected chi connectivity index (χ0v) is 17.2.